The zero-order valence-corrected chi connectivity index (χ0v) is 22.2. The van der Waals surface area contributed by atoms with E-state index in [4.69, 9.17) is 4.74 Å². The first-order valence-electron chi connectivity index (χ1n) is 14.2. The number of rotatable bonds is 7. The summed E-state index contributed by atoms with van der Waals surface area (Å²) in [7, 11) is 0. The molecule has 1 aliphatic carbocycles. The molecule has 3 aliphatic rings. The Bertz CT molecular complexity index is 1190. The molecule has 2 saturated heterocycles. The summed E-state index contributed by atoms with van der Waals surface area (Å²) >= 11 is 0. The van der Waals surface area contributed by atoms with E-state index in [1.165, 1.54) is 12.1 Å². The smallest absolute Gasteiger partial charge is 0.420 e. The molecule has 3 fully saturated rings. The number of aliphatic carboxylic acids is 1. The number of carbonyl (C=O) groups is 1. The number of fused-ring (bicyclic) bond motifs is 3. The number of halogens is 6. The molecule has 0 amide bonds. The van der Waals surface area contributed by atoms with Gasteiger partial charge in [0.15, 0.2) is 0 Å². The van der Waals surface area contributed by atoms with Gasteiger partial charge in [0, 0.05) is 12.1 Å². The highest BCUT2D eigenvalue weighted by Crippen LogP contribution is 2.44. The van der Waals surface area contributed by atoms with Gasteiger partial charge in [-0.3, -0.25) is 9.69 Å². The third-order valence-electron chi connectivity index (χ3n) is 9.12. The molecule has 2 unspecified atom stereocenters. The molecule has 2 bridgehead atoms. The molecule has 10 heteroatoms. The third-order valence-corrected chi connectivity index (χ3v) is 9.12. The van der Waals surface area contributed by atoms with E-state index in [0.29, 0.717) is 24.6 Å². The lowest BCUT2D eigenvalue weighted by Gasteiger charge is -2.48. The highest BCUT2D eigenvalue weighted by molar-refractivity contribution is 5.89. The molecule has 1 saturated carbocycles. The minimum atomic E-state index is -4.68. The van der Waals surface area contributed by atoms with Crippen molar-refractivity contribution in [3.8, 4) is 5.75 Å². The van der Waals surface area contributed by atoms with Gasteiger partial charge in [-0.2, -0.15) is 26.3 Å². The van der Waals surface area contributed by atoms with Crippen LogP contribution in [0.2, 0.25) is 0 Å². The van der Waals surface area contributed by atoms with Gasteiger partial charge in [0.1, 0.15) is 11.3 Å². The quantitative estimate of drug-likeness (QED) is 0.342. The van der Waals surface area contributed by atoms with Crippen molar-refractivity contribution in [2.75, 3.05) is 6.54 Å². The van der Waals surface area contributed by atoms with Gasteiger partial charge in [0.05, 0.1) is 17.9 Å². The number of nitrogens with zero attached hydrogens (tertiary/aromatic N) is 1. The van der Waals surface area contributed by atoms with Crippen LogP contribution < -0.4 is 4.74 Å². The van der Waals surface area contributed by atoms with Crippen LogP contribution in [0.5, 0.6) is 5.75 Å². The first kappa shape index (κ1) is 29.0. The van der Waals surface area contributed by atoms with Gasteiger partial charge in [-0.05, 0) is 93.2 Å². The number of piperidine rings is 2. The fourth-order valence-electron chi connectivity index (χ4n) is 7.10. The molecule has 40 heavy (non-hydrogen) atoms. The van der Waals surface area contributed by atoms with E-state index in [-0.39, 0.29) is 54.8 Å². The van der Waals surface area contributed by atoms with Gasteiger partial charge < -0.3 is 9.84 Å². The normalized spacial score (nSPS) is 28.0. The van der Waals surface area contributed by atoms with E-state index >= 15 is 0 Å². The van der Waals surface area contributed by atoms with Crippen LogP contribution in [0.1, 0.15) is 75.3 Å². The van der Waals surface area contributed by atoms with Crippen molar-refractivity contribution in [1.29, 1.82) is 0 Å². The highest BCUT2D eigenvalue weighted by atomic mass is 19.4. The van der Waals surface area contributed by atoms with Crippen molar-refractivity contribution in [3.05, 3.63) is 41.5 Å². The van der Waals surface area contributed by atoms with E-state index in [9.17, 15) is 36.2 Å². The summed E-state index contributed by atoms with van der Waals surface area (Å²) in [6.45, 7) is 0.830. The first-order chi connectivity index (χ1) is 18.9. The standard InChI is InChI=1S/C30H35F6NO3/c31-29(32,33)21-8-10-24(11-9-21)40-26-13-7-19-15-18(6-12-25(19)27(26)30(34,35)36)3-2-14-37-22-4-1-5-23(37)17-20(16-22)28(38)39/h6-7,12-13,15,20-24H,1-5,8-11,14,16-17H2,(H,38,39). The summed E-state index contributed by atoms with van der Waals surface area (Å²) in [5.74, 6) is -2.76. The van der Waals surface area contributed by atoms with Crippen molar-refractivity contribution < 1.29 is 41.0 Å². The van der Waals surface area contributed by atoms with Gasteiger partial charge in [-0.25, -0.2) is 0 Å². The number of aryl methyl sites for hydroxylation is 1. The Kier molecular flexibility index (Phi) is 8.28. The van der Waals surface area contributed by atoms with Gasteiger partial charge in [-0.1, -0.05) is 30.7 Å². The van der Waals surface area contributed by atoms with Crippen LogP contribution in [-0.2, 0) is 17.4 Å². The number of benzene rings is 2. The summed E-state index contributed by atoms with van der Waals surface area (Å²) < 4.78 is 87.1. The van der Waals surface area contributed by atoms with E-state index in [1.54, 1.807) is 18.2 Å². The molecule has 2 aliphatic heterocycles. The molecule has 2 aromatic rings. The molecular formula is C30H35F6NO3. The predicted octanol–water partition coefficient (Wildman–Crippen LogP) is 8.01. The first-order valence-corrected chi connectivity index (χ1v) is 14.2. The van der Waals surface area contributed by atoms with Crippen LogP contribution in [0, 0.1) is 11.8 Å². The monoisotopic (exact) mass is 571 g/mol. The van der Waals surface area contributed by atoms with Crippen molar-refractivity contribution in [2.24, 2.45) is 11.8 Å². The van der Waals surface area contributed by atoms with Crippen LogP contribution >= 0.6 is 0 Å². The largest absolute Gasteiger partial charge is 0.490 e. The maximum absolute atomic E-state index is 14.2. The number of hydrogen-bond acceptors (Lipinski definition) is 3. The summed E-state index contributed by atoms with van der Waals surface area (Å²) in [5.41, 5.74) is 0.0361. The second-order valence-corrected chi connectivity index (χ2v) is 11.7. The molecule has 0 radical (unpaired) electrons. The Morgan fingerprint density at radius 1 is 0.925 bits per heavy atom. The number of alkyl halides is 6. The van der Waals surface area contributed by atoms with Crippen LogP contribution in [-0.4, -0.2) is 46.9 Å². The lowest BCUT2D eigenvalue weighted by molar-refractivity contribution is -0.185. The predicted molar refractivity (Wildman–Crippen MR) is 138 cm³/mol. The van der Waals surface area contributed by atoms with Crippen LogP contribution in [0.4, 0.5) is 26.3 Å². The van der Waals surface area contributed by atoms with Crippen molar-refractivity contribution >= 4 is 16.7 Å². The average Bonchev–Trinajstić information content (AvgIpc) is 2.87. The van der Waals surface area contributed by atoms with E-state index in [2.05, 4.69) is 4.90 Å². The van der Waals surface area contributed by atoms with Crippen molar-refractivity contribution in [3.63, 3.8) is 0 Å². The van der Waals surface area contributed by atoms with Gasteiger partial charge in [0.2, 0.25) is 0 Å². The minimum absolute atomic E-state index is 0.0167. The molecule has 2 heterocycles. The zero-order chi connectivity index (χ0) is 28.7. The SMILES string of the molecule is O=C(O)C1CC2CCCC(C1)N2CCCc1ccc2c(C(F)(F)F)c(OC3CCC(C(F)(F)F)CC3)ccc2c1. The fraction of sp³-hybridized carbons (Fsp3) is 0.633. The lowest BCUT2D eigenvalue weighted by atomic mass is 9.78. The summed E-state index contributed by atoms with van der Waals surface area (Å²) in [4.78, 5) is 14.0. The number of hydrogen-bond donors (Lipinski definition) is 1. The average molecular weight is 572 g/mol. The Morgan fingerprint density at radius 3 is 2.20 bits per heavy atom. The second kappa shape index (κ2) is 11.4. The van der Waals surface area contributed by atoms with Gasteiger partial charge in [-0.15, -0.1) is 0 Å². The van der Waals surface area contributed by atoms with E-state index in [1.807, 2.05) is 0 Å². The van der Waals surface area contributed by atoms with Crippen LogP contribution in [0.25, 0.3) is 10.8 Å². The van der Waals surface area contributed by atoms with Crippen LogP contribution in [0.3, 0.4) is 0 Å². The number of carboxylic acid groups (broad SMARTS) is 1. The number of ether oxygens (including phenoxy) is 1. The third kappa shape index (κ3) is 6.37. The topological polar surface area (TPSA) is 49.8 Å². The zero-order valence-electron chi connectivity index (χ0n) is 22.2. The summed E-state index contributed by atoms with van der Waals surface area (Å²) in [6.07, 6.45) is -3.83. The maximum atomic E-state index is 14.2. The Labute approximate surface area is 229 Å². The van der Waals surface area contributed by atoms with Crippen molar-refractivity contribution in [1.82, 2.24) is 4.90 Å². The lowest BCUT2D eigenvalue weighted by Crippen LogP contribution is -2.53. The van der Waals surface area contributed by atoms with Gasteiger partial charge in [0.25, 0.3) is 0 Å². The molecule has 2 aromatic carbocycles. The molecule has 0 aromatic heterocycles. The Hall–Kier alpha value is -2.49. The van der Waals surface area contributed by atoms with Crippen LogP contribution in [0.15, 0.2) is 30.3 Å². The minimum Gasteiger partial charge on any atom is -0.490 e. The molecule has 220 valence electrons. The molecule has 2 atom stereocenters. The molecular weight excluding hydrogens is 536 g/mol. The number of carboxylic acids is 1. The van der Waals surface area contributed by atoms with E-state index < -0.39 is 35.9 Å². The fourth-order valence-corrected chi connectivity index (χ4v) is 7.10. The molecule has 4 nitrogen and oxygen atoms in total. The Morgan fingerprint density at radius 2 is 1.60 bits per heavy atom. The highest BCUT2D eigenvalue weighted by Gasteiger charge is 2.43. The Balaban J connectivity index is 1.25. The molecule has 0 spiro atoms. The molecule has 1 N–H and O–H groups in total. The summed E-state index contributed by atoms with van der Waals surface area (Å²) in [5, 5.41) is 9.92. The molecule has 5 rings (SSSR count). The summed E-state index contributed by atoms with van der Waals surface area (Å²) in [6, 6.07) is 8.37. The van der Waals surface area contributed by atoms with Gasteiger partial charge >= 0.3 is 18.3 Å². The van der Waals surface area contributed by atoms with Crippen molar-refractivity contribution in [2.45, 2.75) is 101 Å². The van der Waals surface area contributed by atoms with E-state index in [0.717, 1.165) is 37.8 Å². The second-order valence-electron chi connectivity index (χ2n) is 11.7. The maximum Gasteiger partial charge on any atom is 0.420 e.